The molecule has 0 aliphatic heterocycles. The van der Waals surface area contributed by atoms with Gasteiger partial charge in [-0.1, -0.05) is 67.8 Å². The molecule has 1 atom stereocenters. The van der Waals surface area contributed by atoms with Crippen LogP contribution in [-0.2, 0) is 9.05 Å². The number of halogens is 1. The van der Waals surface area contributed by atoms with Gasteiger partial charge in [0.05, 0.1) is 13.2 Å². The summed E-state index contributed by atoms with van der Waals surface area (Å²) in [6.07, 6.45) is 12.1. The Labute approximate surface area is 128 Å². The molecule has 19 heavy (non-hydrogen) atoms. The Morgan fingerprint density at radius 1 is 0.789 bits per heavy atom. The Kier molecular flexibility index (Phi) is 17.5. The standard InChI is InChI=1S/C14H30BrO3P/c1-2-3-4-5-6-7-10-13-17-19(16)18-14-11-8-9-12-15/h16H,2-14H2,1H3. The van der Waals surface area contributed by atoms with Crippen LogP contribution in [0.2, 0.25) is 0 Å². The second-order valence-electron chi connectivity index (χ2n) is 4.78. The third-order valence-corrected chi connectivity index (χ3v) is 4.30. The predicted molar refractivity (Wildman–Crippen MR) is 86.7 cm³/mol. The van der Waals surface area contributed by atoms with Crippen molar-refractivity contribution in [2.24, 2.45) is 0 Å². The first-order chi connectivity index (χ1) is 9.31. The van der Waals surface area contributed by atoms with Gasteiger partial charge in [-0.2, -0.15) is 0 Å². The molecule has 0 rings (SSSR count). The molecule has 0 saturated carbocycles. The zero-order valence-corrected chi connectivity index (χ0v) is 14.8. The fourth-order valence-electron chi connectivity index (χ4n) is 1.76. The van der Waals surface area contributed by atoms with E-state index in [1.807, 2.05) is 0 Å². The van der Waals surface area contributed by atoms with Gasteiger partial charge < -0.3 is 13.9 Å². The van der Waals surface area contributed by atoms with Crippen molar-refractivity contribution < 1.29 is 13.9 Å². The molecule has 0 aromatic heterocycles. The summed E-state index contributed by atoms with van der Waals surface area (Å²) in [7, 11) is -1.64. The van der Waals surface area contributed by atoms with Crippen LogP contribution in [0.4, 0.5) is 0 Å². The molecule has 0 aliphatic rings. The van der Waals surface area contributed by atoms with Crippen LogP contribution in [0.5, 0.6) is 0 Å². The molecule has 0 radical (unpaired) electrons. The van der Waals surface area contributed by atoms with Crippen LogP contribution in [0, 0.1) is 0 Å². The molecule has 0 saturated heterocycles. The molecule has 1 unspecified atom stereocenters. The lowest BCUT2D eigenvalue weighted by Crippen LogP contribution is -1.95. The zero-order valence-electron chi connectivity index (χ0n) is 12.3. The molecule has 3 nitrogen and oxygen atoms in total. The third-order valence-electron chi connectivity index (χ3n) is 2.93. The minimum atomic E-state index is -1.64. The first-order valence-corrected chi connectivity index (χ1v) is 9.87. The van der Waals surface area contributed by atoms with Crippen molar-refractivity contribution in [2.75, 3.05) is 18.5 Å². The molecule has 1 N–H and O–H groups in total. The van der Waals surface area contributed by atoms with Crippen molar-refractivity contribution in [3.8, 4) is 0 Å². The SMILES string of the molecule is CCCCCCCCCOP(O)OCCCCCBr. The van der Waals surface area contributed by atoms with Gasteiger partial charge in [0, 0.05) is 5.33 Å². The van der Waals surface area contributed by atoms with Crippen molar-refractivity contribution in [3.05, 3.63) is 0 Å². The van der Waals surface area contributed by atoms with Crippen molar-refractivity contribution in [1.29, 1.82) is 0 Å². The second kappa shape index (κ2) is 16.8. The monoisotopic (exact) mass is 356 g/mol. The lowest BCUT2D eigenvalue weighted by atomic mass is 10.1. The van der Waals surface area contributed by atoms with E-state index in [1.54, 1.807) is 0 Å². The Morgan fingerprint density at radius 3 is 1.79 bits per heavy atom. The maximum absolute atomic E-state index is 9.49. The molecule has 0 spiro atoms. The average Bonchev–Trinajstić information content (AvgIpc) is 2.41. The van der Waals surface area contributed by atoms with Gasteiger partial charge in [0.1, 0.15) is 0 Å². The van der Waals surface area contributed by atoms with Crippen molar-refractivity contribution in [3.63, 3.8) is 0 Å². The van der Waals surface area contributed by atoms with Crippen molar-refractivity contribution >= 4 is 24.5 Å². The molecular formula is C14H30BrO3P. The first-order valence-electron chi connectivity index (χ1n) is 7.62. The maximum atomic E-state index is 9.49. The van der Waals surface area contributed by atoms with Gasteiger partial charge in [0.25, 0.3) is 0 Å². The Balaban J connectivity index is 3.09. The molecule has 0 bridgehead atoms. The number of hydrogen-bond donors (Lipinski definition) is 1. The van der Waals surface area contributed by atoms with Crippen LogP contribution in [0.15, 0.2) is 0 Å². The van der Waals surface area contributed by atoms with Crippen LogP contribution < -0.4 is 0 Å². The molecule has 0 aromatic carbocycles. The van der Waals surface area contributed by atoms with E-state index in [4.69, 9.17) is 9.05 Å². The summed E-state index contributed by atoms with van der Waals surface area (Å²) in [6.45, 7) is 3.46. The summed E-state index contributed by atoms with van der Waals surface area (Å²) in [5, 5.41) is 1.04. The van der Waals surface area contributed by atoms with E-state index < -0.39 is 8.60 Å². The van der Waals surface area contributed by atoms with Crippen molar-refractivity contribution in [2.45, 2.75) is 71.1 Å². The second-order valence-corrected chi connectivity index (χ2v) is 6.56. The molecule has 0 fully saturated rings. The smallest absolute Gasteiger partial charge is 0.328 e. The summed E-state index contributed by atoms with van der Waals surface area (Å²) >= 11 is 3.39. The molecule has 116 valence electrons. The van der Waals surface area contributed by atoms with Crippen LogP contribution in [0.25, 0.3) is 0 Å². The Morgan fingerprint density at radius 2 is 1.26 bits per heavy atom. The summed E-state index contributed by atoms with van der Waals surface area (Å²) < 4.78 is 10.5. The topological polar surface area (TPSA) is 38.7 Å². The Bertz CT molecular complexity index is 173. The fourth-order valence-corrected chi connectivity index (χ4v) is 2.80. The van der Waals surface area contributed by atoms with Gasteiger partial charge in [-0.15, -0.1) is 0 Å². The normalized spacial score (nSPS) is 12.8. The maximum Gasteiger partial charge on any atom is 0.329 e. The molecular weight excluding hydrogens is 327 g/mol. The van der Waals surface area contributed by atoms with Crippen LogP contribution >= 0.6 is 24.5 Å². The van der Waals surface area contributed by atoms with Crippen molar-refractivity contribution in [1.82, 2.24) is 0 Å². The van der Waals surface area contributed by atoms with Gasteiger partial charge in [-0.05, 0) is 19.3 Å². The summed E-state index contributed by atoms with van der Waals surface area (Å²) in [4.78, 5) is 9.49. The van der Waals surface area contributed by atoms with Crippen LogP contribution in [0.3, 0.4) is 0 Å². The van der Waals surface area contributed by atoms with Crippen LogP contribution in [0.1, 0.15) is 71.1 Å². The summed E-state index contributed by atoms with van der Waals surface area (Å²) in [5.41, 5.74) is 0. The first kappa shape index (κ1) is 19.8. The predicted octanol–water partition coefficient (Wildman–Crippen LogP) is 5.55. The molecule has 0 aromatic rings. The van der Waals surface area contributed by atoms with E-state index in [0.717, 1.165) is 31.0 Å². The van der Waals surface area contributed by atoms with Gasteiger partial charge in [0.2, 0.25) is 0 Å². The highest BCUT2D eigenvalue weighted by molar-refractivity contribution is 9.09. The van der Waals surface area contributed by atoms with E-state index in [0.29, 0.717) is 13.2 Å². The minimum absolute atomic E-state index is 0.603. The van der Waals surface area contributed by atoms with E-state index in [2.05, 4.69) is 22.9 Å². The summed E-state index contributed by atoms with van der Waals surface area (Å²) in [5.74, 6) is 0. The van der Waals surface area contributed by atoms with Gasteiger partial charge >= 0.3 is 8.60 Å². The fraction of sp³-hybridized carbons (Fsp3) is 1.00. The van der Waals surface area contributed by atoms with Gasteiger partial charge in [0.15, 0.2) is 0 Å². The lowest BCUT2D eigenvalue weighted by molar-refractivity contribution is 0.194. The molecule has 0 heterocycles. The highest BCUT2D eigenvalue weighted by Gasteiger charge is 2.05. The lowest BCUT2D eigenvalue weighted by Gasteiger charge is -2.10. The molecule has 0 aliphatic carbocycles. The third kappa shape index (κ3) is 16.7. The van der Waals surface area contributed by atoms with Crippen LogP contribution in [-0.4, -0.2) is 23.4 Å². The minimum Gasteiger partial charge on any atom is -0.328 e. The van der Waals surface area contributed by atoms with Gasteiger partial charge in [-0.25, -0.2) is 0 Å². The largest absolute Gasteiger partial charge is 0.329 e. The highest BCUT2D eigenvalue weighted by Crippen LogP contribution is 2.33. The Hall–Kier alpha value is 0.790. The van der Waals surface area contributed by atoms with E-state index >= 15 is 0 Å². The number of alkyl halides is 1. The molecule has 5 heteroatoms. The van der Waals surface area contributed by atoms with E-state index in [9.17, 15) is 4.89 Å². The van der Waals surface area contributed by atoms with E-state index in [1.165, 1.54) is 38.5 Å². The molecule has 0 amide bonds. The zero-order chi connectivity index (χ0) is 14.2. The van der Waals surface area contributed by atoms with Gasteiger partial charge in [-0.3, -0.25) is 0 Å². The highest BCUT2D eigenvalue weighted by atomic mass is 79.9. The number of hydrogen-bond acceptors (Lipinski definition) is 3. The summed E-state index contributed by atoms with van der Waals surface area (Å²) in [6, 6.07) is 0. The number of unbranched alkanes of at least 4 members (excludes halogenated alkanes) is 8. The van der Waals surface area contributed by atoms with E-state index in [-0.39, 0.29) is 0 Å². The number of rotatable bonds is 15. The quantitative estimate of drug-likeness (QED) is 0.237. The average molecular weight is 357 g/mol.